The zero-order chi connectivity index (χ0) is 13.5. The average Bonchev–Trinajstić information content (AvgIpc) is 2.48. The number of thioether (sulfide) groups is 1. The molecule has 0 N–H and O–H groups in total. The summed E-state index contributed by atoms with van der Waals surface area (Å²) in [4.78, 5) is 12.5. The molecule has 0 heterocycles. The van der Waals surface area contributed by atoms with Crippen molar-refractivity contribution in [1.82, 2.24) is 0 Å². The summed E-state index contributed by atoms with van der Waals surface area (Å²) in [7, 11) is 1.36. The van der Waals surface area contributed by atoms with E-state index >= 15 is 0 Å². The summed E-state index contributed by atoms with van der Waals surface area (Å²) in [5, 5.41) is 0. The van der Waals surface area contributed by atoms with E-state index in [1.54, 1.807) is 30.0 Å². The van der Waals surface area contributed by atoms with Gasteiger partial charge in [0.1, 0.15) is 11.7 Å². The van der Waals surface area contributed by atoms with Crippen LogP contribution >= 0.6 is 11.8 Å². The van der Waals surface area contributed by atoms with E-state index < -0.39 is 0 Å². The Morgan fingerprint density at radius 2 is 1.89 bits per heavy atom. The molecular weight excluding hydrogens is 260 g/mol. The first-order valence-corrected chi connectivity index (χ1v) is 6.77. The highest BCUT2D eigenvalue weighted by atomic mass is 32.2. The van der Waals surface area contributed by atoms with Crippen molar-refractivity contribution in [2.75, 3.05) is 13.0 Å². The van der Waals surface area contributed by atoms with Gasteiger partial charge in [0.25, 0.3) is 0 Å². The lowest BCUT2D eigenvalue weighted by Crippen LogP contribution is -2.01. The van der Waals surface area contributed by atoms with Crippen LogP contribution in [-0.4, -0.2) is 19.0 Å². The van der Waals surface area contributed by atoms with Crippen LogP contribution in [0.3, 0.4) is 0 Å². The molecule has 2 rings (SSSR count). The lowest BCUT2D eigenvalue weighted by molar-refractivity contribution is 0.0600. The first-order chi connectivity index (χ1) is 9.29. The van der Waals surface area contributed by atoms with Crippen molar-refractivity contribution in [2.45, 2.75) is 4.90 Å². The molecule has 19 heavy (non-hydrogen) atoms. The Morgan fingerprint density at radius 3 is 2.63 bits per heavy atom. The van der Waals surface area contributed by atoms with Gasteiger partial charge in [0.05, 0.1) is 12.7 Å². The van der Waals surface area contributed by atoms with Gasteiger partial charge in [-0.2, -0.15) is 0 Å². The molecule has 0 bridgehead atoms. The molecule has 0 fully saturated rings. The van der Waals surface area contributed by atoms with Crippen LogP contribution in [0.2, 0.25) is 0 Å². The molecule has 98 valence electrons. The van der Waals surface area contributed by atoms with Crippen LogP contribution in [0.25, 0.3) is 0 Å². The second kappa shape index (κ2) is 6.85. The van der Waals surface area contributed by atoms with Crippen LogP contribution in [0.4, 0.5) is 0 Å². The molecule has 0 aliphatic carbocycles. The summed E-state index contributed by atoms with van der Waals surface area (Å²) in [6.45, 7) is 0. The Kier molecular flexibility index (Phi) is 4.86. The summed E-state index contributed by atoms with van der Waals surface area (Å²) in [5.74, 6) is 0.793. The topological polar surface area (TPSA) is 35.5 Å². The monoisotopic (exact) mass is 274 g/mol. The molecule has 0 saturated heterocycles. The van der Waals surface area contributed by atoms with Crippen molar-refractivity contribution < 1.29 is 14.3 Å². The van der Waals surface area contributed by atoms with Crippen LogP contribution in [0.5, 0.6) is 5.75 Å². The summed E-state index contributed by atoms with van der Waals surface area (Å²) < 4.78 is 10.3. The third-order valence-electron chi connectivity index (χ3n) is 2.45. The molecule has 0 aromatic heterocycles. The standard InChI is InChI=1S/C15H14O3S/c1-17-15(16)12-6-5-7-13(10-12)18-11-19-14-8-3-2-4-9-14/h2-10H,11H2,1H3. The zero-order valence-corrected chi connectivity index (χ0v) is 11.4. The van der Waals surface area contributed by atoms with Crippen LogP contribution in [0.15, 0.2) is 59.5 Å². The third kappa shape index (κ3) is 4.03. The average molecular weight is 274 g/mol. The van der Waals surface area contributed by atoms with E-state index in [1.165, 1.54) is 7.11 Å². The van der Waals surface area contributed by atoms with Gasteiger partial charge >= 0.3 is 5.97 Å². The number of rotatable bonds is 5. The van der Waals surface area contributed by atoms with E-state index in [4.69, 9.17) is 4.74 Å². The Labute approximate surface area is 116 Å². The second-order valence-corrected chi connectivity index (χ2v) is 4.73. The van der Waals surface area contributed by atoms with Gasteiger partial charge in [0.2, 0.25) is 0 Å². The molecular formula is C15H14O3S. The molecule has 0 spiro atoms. The Bertz CT molecular complexity index is 540. The fraction of sp³-hybridized carbons (Fsp3) is 0.133. The quantitative estimate of drug-likeness (QED) is 0.474. The molecule has 2 aromatic carbocycles. The van der Waals surface area contributed by atoms with Gasteiger partial charge in [0, 0.05) is 4.90 Å². The van der Waals surface area contributed by atoms with Gasteiger partial charge in [-0.3, -0.25) is 0 Å². The molecule has 0 unspecified atom stereocenters. The smallest absolute Gasteiger partial charge is 0.337 e. The second-order valence-electron chi connectivity index (χ2n) is 3.74. The maximum Gasteiger partial charge on any atom is 0.337 e. The normalized spacial score (nSPS) is 9.95. The van der Waals surface area contributed by atoms with Crippen LogP contribution < -0.4 is 4.74 Å². The fourth-order valence-electron chi connectivity index (χ4n) is 1.51. The third-order valence-corrected chi connectivity index (χ3v) is 3.29. The van der Waals surface area contributed by atoms with Crippen molar-refractivity contribution in [1.29, 1.82) is 0 Å². The maximum absolute atomic E-state index is 11.4. The largest absolute Gasteiger partial charge is 0.483 e. The number of ether oxygens (including phenoxy) is 2. The summed E-state index contributed by atoms with van der Waals surface area (Å²) in [6, 6.07) is 17.0. The van der Waals surface area contributed by atoms with E-state index in [0.29, 0.717) is 17.3 Å². The number of hydrogen-bond donors (Lipinski definition) is 0. The highest BCUT2D eigenvalue weighted by molar-refractivity contribution is 7.99. The SMILES string of the molecule is COC(=O)c1cccc(OCSc2ccccc2)c1. The molecule has 0 saturated carbocycles. The number of esters is 1. The lowest BCUT2D eigenvalue weighted by Gasteiger charge is -2.07. The highest BCUT2D eigenvalue weighted by Gasteiger charge is 2.06. The molecule has 3 nitrogen and oxygen atoms in total. The van der Waals surface area contributed by atoms with Gasteiger partial charge in [-0.1, -0.05) is 36.0 Å². The van der Waals surface area contributed by atoms with Crippen molar-refractivity contribution in [3.63, 3.8) is 0 Å². The number of hydrogen-bond acceptors (Lipinski definition) is 4. The maximum atomic E-state index is 11.4. The fourth-order valence-corrected chi connectivity index (χ4v) is 2.19. The van der Waals surface area contributed by atoms with Crippen molar-refractivity contribution in [3.8, 4) is 5.75 Å². The Balaban J connectivity index is 1.91. The van der Waals surface area contributed by atoms with Crippen LogP contribution in [0.1, 0.15) is 10.4 Å². The number of benzene rings is 2. The van der Waals surface area contributed by atoms with E-state index in [1.807, 2.05) is 36.4 Å². The Hall–Kier alpha value is -1.94. The number of methoxy groups -OCH3 is 1. The minimum absolute atomic E-state index is 0.360. The molecule has 0 aliphatic heterocycles. The van der Waals surface area contributed by atoms with Crippen LogP contribution in [0, 0.1) is 0 Å². The zero-order valence-electron chi connectivity index (χ0n) is 10.5. The predicted octanol–water partition coefficient (Wildman–Crippen LogP) is 3.60. The predicted molar refractivity (Wildman–Crippen MR) is 75.6 cm³/mol. The Morgan fingerprint density at radius 1 is 1.11 bits per heavy atom. The molecule has 0 amide bonds. The van der Waals surface area contributed by atoms with E-state index in [0.717, 1.165) is 4.90 Å². The summed E-state index contributed by atoms with van der Waals surface area (Å²) in [6.07, 6.45) is 0. The molecule has 2 aromatic rings. The van der Waals surface area contributed by atoms with Crippen molar-refractivity contribution in [2.24, 2.45) is 0 Å². The molecule has 0 atom stereocenters. The number of carbonyl (C=O) groups excluding carboxylic acids is 1. The van der Waals surface area contributed by atoms with Crippen molar-refractivity contribution >= 4 is 17.7 Å². The van der Waals surface area contributed by atoms with Gasteiger partial charge in [0.15, 0.2) is 0 Å². The minimum Gasteiger partial charge on any atom is -0.483 e. The highest BCUT2D eigenvalue weighted by Crippen LogP contribution is 2.20. The van der Waals surface area contributed by atoms with Crippen molar-refractivity contribution in [3.05, 3.63) is 60.2 Å². The van der Waals surface area contributed by atoms with Gasteiger partial charge in [-0.25, -0.2) is 4.79 Å². The first-order valence-electron chi connectivity index (χ1n) is 5.78. The van der Waals surface area contributed by atoms with E-state index in [-0.39, 0.29) is 5.97 Å². The summed E-state index contributed by atoms with van der Waals surface area (Å²) >= 11 is 1.60. The van der Waals surface area contributed by atoms with Gasteiger partial charge in [-0.15, -0.1) is 0 Å². The molecule has 4 heteroatoms. The van der Waals surface area contributed by atoms with E-state index in [9.17, 15) is 4.79 Å². The first kappa shape index (κ1) is 13.5. The lowest BCUT2D eigenvalue weighted by atomic mass is 10.2. The van der Waals surface area contributed by atoms with Gasteiger partial charge < -0.3 is 9.47 Å². The number of carbonyl (C=O) groups is 1. The molecule has 0 aliphatic rings. The van der Waals surface area contributed by atoms with E-state index in [2.05, 4.69) is 4.74 Å². The van der Waals surface area contributed by atoms with Crippen LogP contribution in [-0.2, 0) is 4.74 Å². The summed E-state index contributed by atoms with van der Waals surface area (Å²) in [5.41, 5.74) is 0.490. The molecule has 0 radical (unpaired) electrons. The minimum atomic E-state index is -0.360. The van der Waals surface area contributed by atoms with Gasteiger partial charge in [-0.05, 0) is 30.3 Å².